The zero-order valence-corrected chi connectivity index (χ0v) is 9.30. The second-order valence-corrected chi connectivity index (χ2v) is 3.78. The van der Waals surface area contributed by atoms with E-state index in [1.807, 2.05) is 0 Å². The standard InChI is InChI=1S/C9H5BrN2O4/c10-5-3-1-2-4-6(8(13)14)11-7(9(15)16)12(4)5/h1-3H,(H,13,14)(H,15,16). The Kier molecular flexibility index (Phi) is 2.39. The van der Waals surface area contributed by atoms with Crippen molar-refractivity contribution < 1.29 is 19.8 Å². The second kappa shape index (κ2) is 3.60. The molecule has 0 atom stereocenters. The number of imidazole rings is 1. The van der Waals surface area contributed by atoms with E-state index in [9.17, 15) is 9.59 Å². The Morgan fingerprint density at radius 1 is 1.25 bits per heavy atom. The third kappa shape index (κ3) is 1.45. The molecule has 7 heteroatoms. The number of aromatic nitrogens is 2. The average molecular weight is 285 g/mol. The molecule has 0 fully saturated rings. The van der Waals surface area contributed by atoms with Crippen LogP contribution < -0.4 is 0 Å². The summed E-state index contributed by atoms with van der Waals surface area (Å²) in [6, 6.07) is 4.71. The summed E-state index contributed by atoms with van der Waals surface area (Å²) in [6.45, 7) is 0. The summed E-state index contributed by atoms with van der Waals surface area (Å²) in [5.74, 6) is -2.88. The molecule has 82 valence electrons. The maximum Gasteiger partial charge on any atom is 0.372 e. The van der Waals surface area contributed by atoms with Gasteiger partial charge in [0.1, 0.15) is 0 Å². The van der Waals surface area contributed by atoms with Crippen LogP contribution in [0.5, 0.6) is 0 Å². The van der Waals surface area contributed by atoms with Crippen molar-refractivity contribution in [2.24, 2.45) is 0 Å². The topological polar surface area (TPSA) is 91.9 Å². The number of carbonyl (C=O) groups is 2. The number of halogens is 1. The second-order valence-electron chi connectivity index (χ2n) is 2.96. The molecule has 0 saturated heterocycles. The van der Waals surface area contributed by atoms with Gasteiger partial charge in [-0.05, 0) is 28.1 Å². The first-order chi connectivity index (χ1) is 7.52. The van der Waals surface area contributed by atoms with Crippen molar-refractivity contribution in [1.82, 2.24) is 9.38 Å². The smallest absolute Gasteiger partial charge is 0.372 e. The van der Waals surface area contributed by atoms with Crippen molar-refractivity contribution in [1.29, 1.82) is 0 Å². The van der Waals surface area contributed by atoms with Gasteiger partial charge in [-0.3, -0.25) is 4.40 Å². The third-order valence-corrected chi connectivity index (χ3v) is 2.63. The molecule has 0 amide bonds. The molecule has 0 bridgehead atoms. The predicted octanol–water partition coefficient (Wildman–Crippen LogP) is 1.49. The fourth-order valence-corrected chi connectivity index (χ4v) is 1.91. The number of carboxylic acid groups (broad SMARTS) is 2. The van der Waals surface area contributed by atoms with Crippen LogP contribution in [0.1, 0.15) is 21.1 Å². The highest BCUT2D eigenvalue weighted by Crippen LogP contribution is 2.19. The maximum absolute atomic E-state index is 10.9. The van der Waals surface area contributed by atoms with E-state index in [0.29, 0.717) is 4.60 Å². The maximum atomic E-state index is 10.9. The molecule has 0 saturated carbocycles. The summed E-state index contributed by atoms with van der Waals surface area (Å²) >= 11 is 3.15. The number of nitrogens with zero attached hydrogens (tertiary/aromatic N) is 2. The minimum Gasteiger partial charge on any atom is -0.476 e. The van der Waals surface area contributed by atoms with Crippen LogP contribution in [0.4, 0.5) is 0 Å². The van der Waals surface area contributed by atoms with E-state index in [2.05, 4.69) is 20.9 Å². The van der Waals surface area contributed by atoms with Gasteiger partial charge in [0, 0.05) is 0 Å². The number of aromatic carboxylic acids is 2. The van der Waals surface area contributed by atoms with Crippen molar-refractivity contribution >= 4 is 33.4 Å². The Morgan fingerprint density at radius 2 is 1.94 bits per heavy atom. The molecular weight excluding hydrogens is 280 g/mol. The molecule has 0 aliphatic rings. The largest absolute Gasteiger partial charge is 0.476 e. The summed E-state index contributed by atoms with van der Waals surface area (Å²) in [5, 5.41) is 17.8. The van der Waals surface area contributed by atoms with Crippen molar-refractivity contribution in [3.63, 3.8) is 0 Å². The van der Waals surface area contributed by atoms with Crippen molar-refractivity contribution in [3.05, 3.63) is 34.3 Å². The van der Waals surface area contributed by atoms with Gasteiger partial charge < -0.3 is 10.2 Å². The van der Waals surface area contributed by atoms with Gasteiger partial charge in [-0.2, -0.15) is 0 Å². The zero-order valence-electron chi connectivity index (χ0n) is 7.72. The normalized spacial score (nSPS) is 10.6. The first-order valence-corrected chi connectivity index (χ1v) is 4.95. The first kappa shape index (κ1) is 10.6. The van der Waals surface area contributed by atoms with Gasteiger partial charge in [0.25, 0.3) is 0 Å². The van der Waals surface area contributed by atoms with E-state index in [0.717, 1.165) is 0 Å². The van der Waals surface area contributed by atoms with Gasteiger partial charge in [0.05, 0.1) is 10.1 Å². The molecule has 0 aromatic carbocycles. The molecule has 0 aliphatic carbocycles. The van der Waals surface area contributed by atoms with Gasteiger partial charge in [-0.1, -0.05) is 6.07 Å². The van der Waals surface area contributed by atoms with E-state index >= 15 is 0 Å². The quantitative estimate of drug-likeness (QED) is 0.816. The van der Waals surface area contributed by atoms with Gasteiger partial charge in [0.15, 0.2) is 5.69 Å². The van der Waals surface area contributed by atoms with Crippen LogP contribution in [0.25, 0.3) is 5.52 Å². The van der Waals surface area contributed by atoms with Crippen LogP contribution in [0.2, 0.25) is 0 Å². The lowest BCUT2D eigenvalue weighted by Gasteiger charge is -1.99. The number of hydrogen-bond acceptors (Lipinski definition) is 3. The van der Waals surface area contributed by atoms with Crippen LogP contribution in [0.15, 0.2) is 22.8 Å². The number of rotatable bonds is 2. The molecule has 2 N–H and O–H groups in total. The Hall–Kier alpha value is -1.89. The molecule has 6 nitrogen and oxygen atoms in total. The monoisotopic (exact) mass is 284 g/mol. The van der Waals surface area contributed by atoms with Crippen LogP contribution >= 0.6 is 15.9 Å². The molecule has 16 heavy (non-hydrogen) atoms. The summed E-state index contributed by atoms with van der Waals surface area (Å²) in [7, 11) is 0. The van der Waals surface area contributed by atoms with Crippen LogP contribution in [0, 0.1) is 0 Å². The fraction of sp³-hybridized carbons (Fsp3) is 0. The van der Waals surface area contributed by atoms with E-state index in [4.69, 9.17) is 10.2 Å². The van der Waals surface area contributed by atoms with Crippen molar-refractivity contribution in [2.45, 2.75) is 0 Å². The number of fused-ring (bicyclic) bond motifs is 1. The van der Waals surface area contributed by atoms with Crippen molar-refractivity contribution in [2.75, 3.05) is 0 Å². The van der Waals surface area contributed by atoms with Crippen LogP contribution in [-0.4, -0.2) is 31.5 Å². The van der Waals surface area contributed by atoms with E-state index in [1.54, 1.807) is 12.1 Å². The average Bonchev–Trinajstić information content (AvgIpc) is 2.58. The Balaban J connectivity index is 2.93. The summed E-state index contributed by atoms with van der Waals surface area (Å²) in [4.78, 5) is 25.4. The Morgan fingerprint density at radius 3 is 2.50 bits per heavy atom. The van der Waals surface area contributed by atoms with Gasteiger partial charge in [-0.15, -0.1) is 0 Å². The number of pyridine rings is 1. The SMILES string of the molecule is O=C(O)c1nc(C(=O)O)n2c(Br)cccc12. The first-order valence-electron chi connectivity index (χ1n) is 4.16. The third-order valence-electron chi connectivity index (χ3n) is 2.01. The molecular formula is C9H5BrN2O4. The molecule has 0 radical (unpaired) electrons. The van der Waals surface area contributed by atoms with Gasteiger partial charge in [0.2, 0.25) is 5.82 Å². The lowest BCUT2D eigenvalue weighted by molar-refractivity contribution is 0.0682. The highest BCUT2D eigenvalue weighted by Gasteiger charge is 2.21. The summed E-state index contributed by atoms with van der Waals surface area (Å²) in [6.07, 6.45) is 0. The molecule has 0 spiro atoms. The lowest BCUT2D eigenvalue weighted by Crippen LogP contribution is -2.04. The van der Waals surface area contributed by atoms with E-state index in [-0.39, 0.29) is 17.0 Å². The highest BCUT2D eigenvalue weighted by molar-refractivity contribution is 9.10. The Bertz CT molecular complexity index is 605. The highest BCUT2D eigenvalue weighted by atomic mass is 79.9. The fourth-order valence-electron chi connectivity index (χ4n) is 1.40. The molecule has 2 aromatic heterocycles. The molecule has 2 aromatic rings. The van der Waals surface area contributed by atoms with Crippen molar-refractivity contribution in [3.8, 4) is 0 Å². The van der Waals surface area contributed by atoms with Crippen LogP contribution in [0.3, 0.4) is 0 Å². The van der Waals surface area contributed by atoms with E-state index < -0.39 is 11.9 Å². The Labute approximate surface area is 97.3 Å². The molecule has 0 unspecified atom stereocenters. The van der Waals surface area contributed by atoms with Gasteiger partial charge >= 0.3 is 11.9 Å². The van der Waals surface area contributed by atoms with E-state index in [1.165, 1.54) is 10.5 Å². The number of hydrogen-bond donors (Lipinski definition) is 2. The zero-order chi connectivity index (χ0) is 11.9. The molecule has 2 heterocycles. The molecule has 2 rings (SSSR count). The molecule has 0 aliphatic heterocycles. The summed E-state index contributed by atoms with van der Waals surface area (Å²) in [5.41, 5.74) is -0.0435. The lowest BCUT2D eigenvalue weighted by atomic mass is 10.3. The minimum absolute atomic E-state index is 0.235. The summed E-state index contributed by atoms with van der Waals surface area (Å²) < 4.78 is 1.66. The number of carboxylic acids is 2. The van der Waals surface area contributed by atoms with Gasteiger partial charge in [-0.25, -0.2) is 14.6 Å². The predicted molar refractivity (Wildman–Crippen MR) is 56.8 cm³/mol. The van der Waals surface area contributed by atoms with Crippen LogP contribution in [-0.2, 0) is 0 Å². The minimum atomic E-state index is -1.28.